The maximum absolute atomic E-state index is 12.5. The van der Waals surface area contributed by atoms with Gasteiger partial charge in [0.05, 0.1) is 5.92 Å². The molecule has 1 aliphatic rings. The molecule has 1 atom stereocenters. The summed E-state index contributed by atoms with van der Waals surface area (Å²) in [6.07, 6.45) is 1.58. The largest absolute Gasteiger partial charge is 0.325 e. The van der Waals surface area contributed by atoms with E-state index in [4.69, 9.17) is 11.6 Å². The van der Waals surface area contributed by atoms with Crippen molar-refractivity contribution in [3.8, 4) is 0 Å². The molecule has 0 saturated carbocycles. The van der Waals surface area contributed by atoms with Crippen molar-refractivity contribution < 1.29 is 4.79 Å². The molecule has 0 unspecified atom stereocenters. The van der Waals surface area contributed by atoms with E-state index in [-0.39, 0.29) is 17.4 Å². The number of amides is 1. The van der Waals surface area contributed by atoms with Crippen molar-refractivity contribution in [3.05, 3.63) is 50.9 Å². The number of hydrogen-bond acceptors (Lipinski definition) is 4. The van der Waals surface area contributed by atoms with Crippen LogP contribution >= 0.6 is 23.4 Å². The second kappa shape index (κ2) is 6.37. The zero-order valence-electron chi connectivity index (χ0n) is 12.8. The molecule has 0 bridgehead atoms. The Morgan fingerprint density at radius 1 is 1.39 bits per heavy atom. The van der Waals surface area contributed by atoms with Crippen molar-refractivity contribution in [2.75, 3.05) is 11.1 Å². The van der Waals surface area contributed by atoms with E-state index in [1.807, 2.05) is 13.0 Å². The number of benzene rings is 1. The average Bonchev–Trinajstić information content (AvgIpc) is 2.54. The highest BCUT2D eigenvalue weighted by atomic mass is 35.5. The third kappa shape index (κ3) is 3.28. The van der Waals surface area contributed by atoms with Crippen LogP contribution in [0.5, 0.6) is 0 Å². The van der Waals surface area contributed by atoms with E-state index >= 15 is 0 Å². The second-order valence-corrected chi connectivity index (χ2v) is 7.02. The molecule has 1 N–H and O–H groups in total. The standard InChI is InChI=1S/C16H16ClN3O2S/c1-9-3-4-12(17)5-13(9)19-14(21)11-7-20-15(22)10(2)6-18-16(20)23-8-11/h3-6,11H,7-8H2,1-2H3,(H,19,21)/t11-/m0/s1. The number of nitrogens with one attached hydrogen (secondary N) is 1. The molecule has 3 rings (SSSR count). The Labute approximate surface area is 143 Å². The minimum atomic E-state index is -0.285. The Hall–Kier alpha value is -1.79. The summed E-state index contributed by atoms with van der Waals surface area (Å²) in [4.78, 5) is 29.0. The molecule has 7 heteroatoms. The number of carbonyl (C=O) groups excluding carboxylic acids is 1. The maximum atomic E-state index is 12.5. The number of anilines is 1. The van der Waals surface area contributed by atoms with Crippen molar-refractivity contribution in [1.29, 1.82) is 0 Å². The van der Waals surface area contributed by atoms with Gasteiger partial charge >= 0.3 is 0 Å². The summed E-state index contributed by atoms with van der Waals surface area (Å²) in [5, 5.41) is 4.16. The number of nitrogens with zero attached hydrogens (tertiary/aromatic N) is 2. The van der Waals surface area contributed by atoms with Crippen molar-refractivity contribution in [2.24, 2.45) is 5.92 Å². The Kier molecular flexibility index (Phi) is 4.46. The molecule has 2 heterocycles. The van der Waals surface area contributed by atoms with Crippen LogP contribution in [0, 0.1) is 19.8 Å². The topological polar surface area (TPSA) is 64.0 Å². The molecule has 0 spiro atoms. The van der Waals surface area contributed by atoms with Crippen LogP contribution in [0.15, 0.2) is 34.3 Å². The Bertz CT molecular complexity index is 835. The van der Waals surface area contributed by atoms with Gasteiger partial charge in [-0.25, -0.2) is 4.98 Å². The van der Waals surface area contributed by atoms with Crippen LogP contribution in [0.4, 0.5) is 5.69 Å². The number of aryl methyl sites for hydroxylation is 2. The first-order valence-corrected chi connectivity index (χ1v) is 8.58. The number of aromatic nitrogens is 2. The third-order valence-electron chi connectivity index (χ3n) is 3.83. The van der Waals surface area contributed by atoms with Crippen LogP contribution in [-0.4, -0.2) is 21.2 Å². The van der Waals surface area contributed by atoms with Crippen LogP contribution in [0.25, 0.3) is 0 Å². The van der Waals surface area contributed by atoms with Crippen molar-refractivity contribution in [2.45, 2.75) is 25.5 Å². The number of rotatable bonds is 2. The molecule has 120 valence electrons. The van der Waals surface area contributed by atoms with Crippen molar-refractivity contribution in [3.63, 3.8) is 0 Å². The van der Waals surface area contributed by atoms with E-state index < -0.39 is 0 Å². The number of hydrogen-bond donors (Lipinski definition) is 1. The van der Waals surface area contributed by atoms with Gasteiger partial charge in [-0.05, 0) is 31.5 Å². The number of halogens is 1. The lowest BCUT2D eigenvalue weighted by Gasteiger charge is -2.24. The van der Waals surface area contributed by atoms with Gasteiger partial charge in [-0.3, -0.25) is 14.2 Å². The first-order valence-electron chi connectivity index (χ1n) is 7.22. The van der Waals surface area contributed by atoms with Gasteiger partial charge in [0.15, 0.2) is 5.16 Å². The van der Waals surface area contributed by atoms with E-state index in [0.29, 0.717) is 33.7 Å². The second-order valence-electron chi connectivity index (χ2n) is 5.60. The van der Waals surface area contributed by atoms with Gasteiger partial charge in [-0.15, -0.1) is 0 Å². The van der Waals surface area contributed by atoms with Gasteiger partial charge in [0, 0.05) is 34.8 Å². The van der Waals surface area contributed by atoms with Crippen LogP contribution < -0.4 is 10.9 Å². The summed E-state index contributed by atoms with van der Waals surface area (Å²) in [5.74, 6) is 0.204. The highest BCUT2D eigenvalue weighted by Gasteiger charge is 2.27. The molecule has 1 amide bonds. The van der Waals surface area contributed by atoms with E-state index in [0.717, 1.165) is 5.56 Å². The summed E-state index contributed by atoms with van der Waals surface area (Å²) in [6.45, 7) is 3.99. The van der Waals surface area contributed by atoms with E-state index in [9.17, 15) is 9.59 Å². The van der Waals surface area contributed by atoms with Gasteiger partial charge in [0.2, 0.25) is 5.91 Å². The monoisotopic (exact) mass is 349 g/mol. The van der Waals surface area contributed by atoms with E-state index in [1.165, 1.54) is 11.8 Å². The lowest BCUT2D eigenvalue weighted by atomic mass is 10.1. The molecule has 0 fully saturated rings. The Morgan fingerprint density at radius 3 is 2.96 bits per heavy atom. The summed E-state index contributed by atoms with van der Waals surface area (Å²) in [5.41, 5.74) is 2.15. The molecular formula is C16H16ClN3O2S. The molecular weight excluding hydrogens is 334 g/mol. The smallest absolute Gasteiger partial charge is 0.257 e. The summed E-state index contributed by atoms with van der Waals surface area (Å²) >= 11 is 7.41. The summed E-state index contributed by atoms with van der Waals surface area (Å²) < 4.78 is 1.58. The molecule has 0 radical (unpaired) electrons. The molecule has 0 saturated heterocycles. The first kappa shape index (κ1) is 16.1. The fraction of sp³-hybridized carbons (Fsp3) is 0.312. The quantitative estimate of drug-likeness (QED) is 0.847. The molecule has 2 aromatic rings. The van der Waals surface area contributed by atoms with Crippen molar-refractivity contribution in [1.82, 2.24) is 9.55 Å². The number of carbonyl (C=O) groups is 1. The van der Waals surface area contributed by atoms with Crippen LogP contribution in [0.1, 0.15) is 11.1 Å². The molecule has 5 nitrogen and oxygen atoms in total. The SMILES string of the molecule is Cc1ccc(Cl)cc1NC(=O)[C@@H]1CSc2ncc(C)c(=O)n2C1. The minimum absolute atomic E-state index is 0.0843. The van der Waals surface area contributed by atoms with Gasteiger partial charge in [-0.2, -0.15) is 0 Å². The normalized spacial score (nSPS) is 16.7. The predicted octanol–water partition coefficient (Wildman–Crippen LogP) is 2.87. The lowest BCUT2D eigenvalue weighted by molar-refractivity contribution is -0.119. The zero-order chi connectivity index (χ0) is 16.6. The first-order chi connectivity index (χ1) is 11.0. The van der Waals surface area contributed by atoms with Gasteiger partial charge in [0.25, 0.3) is 5.56 Å². The number of thioether (sulfide) groups is 1. The summed E-state index contributed by atoms with van der Waals surface area (Å²) in [6, 6.07) is 5.38. The minimum Gasteiger partial charge on any atom is -0.325 e. The lowest BCUT2D eigenvalue weighted by Crippen LogP contribution is -2.37. The summed E-state index contributed by atoms with van der Waals surface area (Å²) in [7, 11) is 0. The van der Waals surface area contributed by atoms with Crippen molar-refractivity contribution >= 4 is 35.0 Å². The zero-order valence-corrected chi connectivity index (χ0v) is 14.4. The molecule has 0 aliphatic carbocycles. The van der Waals surface area contributed by atoms with Crippen LogP contribution in [0.2, 0.25) is 5.02 Å². The maximum Gasteiger partial charge on any atom is 0.257 e. The van der Waals surface area contributed by atoms with Gasteiger partial charge < -0.3 is 5.32 Å². The molecule has 1 aromatic heterocycles. The number of fused-ring (bicyclic) bond motifs is 1. The third-order valence-corrected chi connectivity index (χ3v) is 5.22. The molecule has 1 aromatic carbocycles. The average molecular weight is 350 g/mol. The Morgan fingerprint density at radius 2 is 2.17 bits per heavy atom. The fourth-order valence-corrected chi connectivity index (χ4v) is 3.64. The van der Waals surface area contributed by atoms with E-state index in [2.05, 4.69) is 10.3 Å². The van der Waals surface area contributed by atoms with Crippen LogP contribution in [-0.2, 0) is 11.3 Å². The van der Waals surface area contributed by atoms with Gasteiger partial charge in [0.1, 0.15) is 0 Å². The fourth-order valence-electron chi connectivity index (χ4n) is 2.42. The Balaban J connectivity index is 1.80. The van der Waals surface area contributed by atoms with E-state index in [1.54, 1.807) is 29.8 Å². The highest BCUT2D eigenvalue weighted by molar-refractivity contribution is 7.99. The van der Waals surface area contributed by atoms with Crippen LogP contribution in [0.3, 0.4) is 0 Å². The molecule has 1 aliphatic heterocycles. The highest BCUT2D eigenvalue weighted by Crippen LogP contribution is 2.27. The van der Waals surface area contributed by atoms with Gasteiger partial charge in [-0.1, -0.05) is 29.4 Å². The molecule has 23 heavy (non-hydrogen) atoms. The predicted molar refractivity (Wildman–Crippen MR) is 92.3 cm³/mol.